The summed E-state index contributed by atoms with van der Waals surface area (Å²) in [4.78, 5) is 32.2. The first-order valence-corrected chi connectivity index (χ1v) is 11.3. The van der Waals surface area contributed by atoms with E-state index >= 15 is 0 Å². The summed E-state index contributed by atoms with van der Waals surface area (Å²) in [5, 5.41) is 4.08. The lowest BCUT2D eigenvalue weighted by molar-refractivity contribution is -0.120. The van der Waals surface area contributed by atoms with E-state index in [1.807, 2.05) is 54.6 Å². The van der Waals surface area contributed by atoms with Crippen molar-refractivity contribution in [3.05, 3.63) is 81.8 Å². The van der Waals surface area contributed by atoms with E-state index in [1.165, 1.54) is 16.2 Å². The highest BCUT2D eigenvalue weighted by molar-refractivity contribution is 7.15. The number of amides is 2. The van der Waals surface area contributed by atoms with E-state index in [2.05, 4.69) is 10.3 Å². The van der Waals surface area contributed by atoms with Crippen LogP contribution in [0.15, 0.2) is 60.8 Å². The lowest BCUT2D eigenvalue weighted by Crippen LogP contribution is -2.43. The van der Waals surface area contributed by atoms with Crippen molar-refractivity contribution in [1.29, 1.82) is 0 Å². The van der Waals surface area contributed by atoms with Crippen molar-refractivity contribution in [2.24, 2.45) is 0 Å². The number of ether oxygens (including phenoxy) is 1. The number of hydrogen-bond donors (Lipinski definition) is 1. The summed E-state index contributed by atoms with van der Waals surface area (Å²) in [5.41, 5.74) is 2.03. The zero-order valence-corrected chi connectivity index (χ0v) is 18.4. The molecule has 31 heavy (non-hydrogen) atoms. The van der Waals surface area contributed by atoms with Gasteiger partial charge in [0.15, 0.2) is 5.13 Å². The Morgan fingerprint density at radius 1 is 1.13 bits per heavy atom. The molecule has 160 valence electrons. The minimum Gasteiger partial charge on any atom is -0.445 e. The highest BCUT2D eigenvalue weighted by atomic mass is 35.5. The summed E-state index contributed by atoms with van der Waals surface area (Å²) in [5.74, 6) is -0.235. The van der Waals surface area contributed by atoms with E-state index in [9.17, 15) is 9.59 Å². The molecule has 1 aliphatic heterocycles. The number of nitrogens with one attached hydrogen (secondary N) is 1. The van der Waals surface area contributed by atoms with Crippen LogP contribution in [0.25, 0.3) is 0 Å². The van der Waals surface area contributed by atoms with Gasteiger partial charge in [0.05, 0.1) is 0 Å². The number of aromatic nitrogens is 1. The molecular weight excluding hydrogens is 434 g/mol. The van der Waals surface area contributed by atoms with E-state index in [0.717, 1.165) is 22.4 Å². The van der Waals surface area contributed by atoms with Crippen LogP contribution in [-0.4, -0.2) is 34.5 Å². The maximum absolute atomic E-state index is 12.8. The van der Waals surface area contributed by atoms with Gasteiger partial charge in [0.1, 0.15) is 12.6 Å². The highest BCUT2D eigenvalue weighted by Gasteiger charge is 2.35. The van der Waals surface area contributed by atoms with E-state index in [1.54, 1.807) is 6.20 Å². The van der Waals surface area contributed by atoms with Crippen molar-refractivity contribution in [2.75, 3.05) is 11.9 Å². The molecule has 1 fully saturated rings. The van der Waals surface area contributed by atoms with Crippen molar-refractivity contribution < 1.29 is 14.3 Å². The molecule has 0 spiro atoms. The highest BCUT2D eigenvalue weighted by Crippen LogP contribution is 2.25. The van der Waals surface area contributed by atoms with Gasteiger partial charge in [0.2, 0.25) is 5.91 Å². The maximum Gasteiger partial charge on any atom is 0.410 e. The molecule has 1 saturated heterocycles. The van der Waals surface area contributed by atoms with E-state index in [-0.39, 0.29) is 12.5 Å². The largest absolute Gasteiger partial charge is 0.445 e. The lowest BCUT2D eigenvalue weighted by Gasteiger charge is -2.22. The molecule has 1 aromatic heterocycles. The Bertz CT molecular complexity index is 1040. The van der Waals surface area contributed by atoms with Crippen LogP contribution in [0.3, 0.4) is 0 Å². The van der Waals surface area contributed by atoms with Gasteiger partial charge < -0.3 is 10.1 Å². The van der Waals surface area contributed by atoms with Gasteiger partial charge in [-0.3, -0.25) is 9.69 Å². The zero-order chi connectivity index (χ0) is 21.6. The van der Waals surface area contributed by atoms with Crippen LogP contribution in [0.1, 0.15) is 28.8 Å². The van der Waals surface area contributed by atoms with E-state index < -0.39 is 12.1 Å². The Morgan fingerprint density at radius 2 is 1.90 bits per heavy atom. The molecule has 0 saturated carbocycles. The van der Waals surface area contributed by atoms with Crippen LogP contribution in [0, 0.1) is 0 Å². The van der Waals surface area contributed by atoms with Gasteiger partial charge in [0.25, 0.3) is 0 Å². The van der Waals surface area contributed by atoms with Crippen LogP contribution >= 0.6 is 22.9 Å². The fourth-order valence-electron chi connectivity index (χ4n) is 3.50. The number of thiazole rings is 1. The third-order valence-corrected chi connectivity index (χ3v) is 6.24. The number of rotatable bonds is 6. The summed E-state index contributed by atoms with van der Waals surface area (Å²) < 4.78 is 5.41. The normalized spacial score (nSPS) is 15.6. The summed E-state index contributed by atoms with van der Waals surface area (Å²) in [7, 11) is 0. The molecule has 2 heterocycles. The molecule has 0 radical (unpaired) electrons. The number of carbonyl (C=O) groups is 2. The minimum atomic E-state index is -0.549. The second kappa shape index (κ2) is 9.94. The van der Waals surface area contributed by atoms with Crippen LogP contribution in [0.2, 0.25) is 5.02 Å². The van der Waals surface area contributed by atoms with E-state index in [0.29, 0.717) is 29.5 Å². The molecule has 8 heteroatoms. The van der Waals surface area contributed by atoms with Gasteiger partial charge >= 0.3 is 6.09 Å². The fraction of sp³-hybridized carbons (Fsp3) is 0.261. The molecule has 0 aliphatic carbocycles. The third-order valence-electron chi connectivity index (χ3n) is 5.07. The van der Waals surface area contributed by atoms with Gasteiger partial charge in [-0.15, -0.1) is 11.3 Å². The molecule has 1 N–H and O–H groups in total. The SMILES string of the molecule is O=C(Nc1ncc(Cc2ccc(Cl)cc2)s1)[C@@H]1CCCN1C(=O)OCc1ccccc1. The molecule has 0 unspecified atom stereocenters. The number of anilines is 1. The number of carbonyl (C=O) groups excluding carboxylic acids is 2. The molecule has 4 rings (SSSR count). The van der Waals surface area contributed by atoms with Crippen LogP contribution in [0.5, 0.6) is 0 Å². The smallest absolute Gasteiger partial charge is 0.410 e. The number of nitrogens with zero attached hydrogens (tertiary/aromatic N) is 2. The maximum atomic E-state index is 12.8. The van der Waals surface area contributed by atoms with Crippen molar-refractivity contribution in [2.45, 2.75) is 31.9 Å². The van der Waals surface area contributed by atoms with Gasteiger partial charge in [-0.1, -0.05) is 54.1 Å². The minimum absolute atomic E-state index is 0.186. The average Bonchev–Trinajstić information content (AvgIpc) is 3.44. The van der Waals surface area contributed by atoms with Crippen LogP contribution in [-0.2, 0) is 22.6 Å². The second-order valence-corrected chi connectivity index (χ2v) is 8.87. The van der Waals surface area contributed by atoms with Crippen molar-refractivity contribution in [3.8, 4) is 0 Å². The standard InChI is InChI=1S/C23H22ClN3O3S/c24-18-10-8-16(9-11-18)13-19-14-25-22(31-19)26-21(28)20-7-4-12-27(20)23(29)30-15-17-5-2-1-3-6-17/h1-3,5-6,8-11,14,20H,4,7,12-13,15H2,(H,25,26,28)/t20-/m0/s1. The summed E-state index contributed by atoms with van der Waals surface area (Å²) in [6, 6.07) is 16.6. The molecule has 0 bridgehead atoms. The molecule has 2 amide bonds. The first-order chi connectivity index (χ1) is 15.1. The van der Waals surface area contributed by atoms with Crippen molar-refractivity contribution in [3.63, 3.8) is 0 Å². The molecule has 3 aromatic rings. The number of halogens is 1. The number of hydrogen-bond acceptors (Lipinski definition) is 5. The Hall–Kier alpha value is -2.90. The van der Waals surface area contributed by atoms with Gasteiger partial charge in [0, 0.05) is 29.1 Å². The summed E-state index contributed by atoms with van der Waals surface area (Å²) >= 11 is 7.35. The van der Waals surface area contributed by atoms with Crippen molar-refractivity contribution >= 4 is 40.1 Å². The van der Waals surface area contributed by atoms with Crippen LogP contribution < -0.4 is 5.32 Å². The molecule has 6 nitrogen and oxygen atoms in total. The Balaban J connectivity index is 1.32. The monoisotopic (exact) mass is 455 g/mol. The molecule has 1 atom stereocenters. The average molecular weight is 456 g/mol. The zero-order valence-electron chi connectivity index (χ0n) is 16.8. The summed E-state index contributed by atoms with van der Waals surface area (Å²) in [6.45, 7) is 0.691. The number of benzene rings is 2. The first-order valence-electron chi connectivity index (χ1n) is 10.1. The topological polar surface area (TPSA) is 71.5 Å². The van der Waals surface area contributed by atoms with Crippen LogP contribution in [0.4, 0.5) is 9.93 Å². The fourth-order valence-corrected chi connectivity index (χ4v) is 4.47. The first kappa shape index (κ1) is 21.3. The third kappa shape index (κ3) is 5.62. The predicted molar refractivity (Wildman–Crippen MR) is 121 cm³/mol. The summed E-state index contributed by atoms with van der Waals surface area (Å²) in [6.07, 6.45) is 3.37. The second-order valence-electron chi connectivity index (χ2n) is 7.32. The Morgan fingerprint density at radius 3 is 2.68 bits per heavy atom. The predicted octanol–water partition coefficient (Wildman–Crippen LogP) is 5.13. The van der Waals surface area contributed by atoms with Gasteiger partial charge in [-0.05, 0) is 36.1 Å². The molecule has 1 aliphatic rings. The quantitative estimate of drug-likeness (QED) is 0.559. The van der Waals surface area contributed by atoms with E-state index in [4.69, 9.17) is 16.3 Å². The molecular formula is C23H22ClN3O3S. The Kier molecular flexibility index (Phi) is 6.84. The molecule has 2 aromatic carbocycles. The number of likely N-dealkylation sites (tertiary alicyclic amines) is 1. The lowest BCUT2D eigenvalue weighted by atomic mass is 10.1. The van der Waals surface area contributed by atoms with Gasteiger partial charge in [-0.2, -0.15) is 0 Å². The Labute approximate surface area is 189 Å². The van der Waals surface area contributed by atoms with Gasteiger partial charge in [-0.25, -0.2) is 9.78 Å². The van der Waals surface area contributed by atoms with Crippen molar-refractivity contribution in [1.82, 2.24) is 9.88 Å².